The summed E-state index contributed by atoms with van der Waals surface area (Å²) in [6, 6.07) is 16.7. The molecule has 142 valence electrons. The maximum atomic E-state index is 13.2. The van der Waals surface area contributed by atoms with Crippen LogP contribution in [-0.2, 0) is 11.3 Å². The van der Waals surface area contributed by atoms with E-state index in [1.807, 2.05) is 42.2 Å². The molecule has 0 saturated heterocycles. The molecule has 1 fully saturated rings. The fourth-order valence-electron chi connectivity index (χ4n) is 3.17. The van der Waals surface area contributed by atoms with Crippen LogP contribution in [0.3, 0.4) is 0 Å². The minimum Gasteiger partial charge on any atom is -0.334 e. The van der Waals surface area contributed by atoms with Crippen LogP contribution in [0, 0.1) is 16.0 Å². The Morgan fingerprint density at radius 2 is 1.78 bits per heavy atom. The van der Waals surface area contributed by atoms with Gasteiger partial charge in [0.15, 0.2) is 0 Å². The molecule has 3 rings (SSSR count). The number of carbonyl (C=O) groups excluding carboxylic acids is 1. The molecule has 0 radical (unpaired) electrons. The lowest BCUT2D eigenvalue weighted by Crippen LogP contribution is -2.43. The van der Waals surface area contributed by atoms with Crippen molar-refractivity contribution >= 4 is 23.4 Å². The van der Waals surface area contributed by atoms with Gasteiger partial charge in [-0.15, -0.1) is 11.8 Å². The van der Waals surface area contributed by atoms with Gasteiger partial charge in [-0.2, -0.15) is 0 Å². The third-order valence-corrected chi connectivity index (χ3v) is 6.08. The highest BCUT2D eigenvalue weighted by atomic mass is 32.2. The Bertz CT molecular complexity index is 791. The van der Waals surface area contributed by atoms with Crippen LogP contribution in [0.1, 0.15) is 32.3 Å². The molecule has 1 saturated carbocycles. The largest absolute Gasteiger partial charge is 0.334 e. The van der Waals surface area contributed by atoms with Crippen molar-refractivity contribution in [3.8, 4) is 0 Å². The van der Waals surface area contributed by atoms with Crippen molar-refractivity contribution in [3.63, 3.8) is 0 Å². The molecule has 0 bridgehead atoms. The Morgan fingerprint density at radius 3 is 2.33 bits per heavy atom. The molecular weight excluding hydrogens is 360 g/mol. The summed E-state index contributed by atoms with van der Waals surface area (Å²) in [6.45, 7) is 4.66. The van der Waals surface area contributed by atoms with Crippen LogP contribution < -0.4 is 0 Å². The highest BCUT2D eigenvalue weighted by molar-refractivity contribution is 8.00. The Hall–Kier alpha value is -2.34. The lowest BCUT2D eigenvalue weighted by molar-refractivity contribution is -0.384. The van der Waals surface area contributed by atoms with E-state index < -0.39 is 4.92 Å². The van der Waals surface area contributed by atoms with Gasteiger partial charge in [0.25, 0.3) is 5.69 Å². The number of benzene rings is 2. The molecule has 0 aromatic heterocycles. The molecule has 5 nitrogen and oxygen atoms in total. The quantitative estimate of drug-likeness (QED) is 0.369. The first-order valence-electron chi connectivity index (χ1n) is 9.21. The molecule has 1 aliphatic rings. The first-order chi connectivity index (χ1) is 13.0. The number of hydrogen-bond donors (Lipinski definition) is 0. The van der Waals surface area contributed by atoms with E-state index in [4.69, 9.17) is 0 Å². The standard InChI is InChI=1S/C21H24N2O3S/c1-15(18-8-9-18)22(14-17-6-4-3-5-7-17)21(24)16(2)27-20-12-10-19(11-13-20)23(25)26/h3-7,10-13,15-16,18H,8-9,14H2,1-2H3. The van der Waals surface area contributed by atoms with Crippen molar-refractivity contribution < 1.29 is 9.72 Å². The highest BCUT2D eigenvalue weighted by Crippen LogP contribution is 2.37. The monoisotopic (exact) mass is 384 g/mol. The van der Waals surface area contributed by atoms with Gasteiger partial charge in [0.05, 0.1) is 10.2 Å². The average molecular weight is 385 g/mol. The van der Waals surface area contributed by atoms with Crippen molar-refractivity contribution in [2.45, 2.75) is 49.4 Å². The minimum atomic E-state index is -0.415. The van der Waals surface area contributed by atoms with Gasteiger partial charge in [0.1, 0.15) is 0 Å². The van der Waals surface area contributed by atoms with E-state index in [-0.39, 0.29) is 22.9 Å². The molecule has 1 aliphatic carbocycles. The van der Waals surface area contributed by atoms with E-state index in [1.54, 1.807) is 12.1 Å². The number of nitro groups is 1. The molecule has 2 aromatic carbocycles. The predicted molar refractivity (Wildman–Crippen MR) is 108 cm³/mol. The number of amides is 1. The summed E-state index contributed by atoms with van der Waals surface area (Å²) < 4.78 is 0. The Morgan fingerprint density at radius 1 is 1.15 bits per heavy atom. The van der Waals surface area contributed by atoms with Crippen molar-refractivity contribution in [2.75, 3.05) is 0 Å². The number of carbonyl (C=O) groups is 1. The zero-order valence-electron chi connectivity index (χ0n) is 15.6. The number of nitrogens with zero attached hydrogens (tertiary/aromatic N) is 2. The Balaban J connectivity index is 1.71. The van der Waals surface area contributed by atoms with Crippen LogP contribution in [0.4, 0.5) is 5.69 Å². The zero-order valence-corrected chi connectivity index (χ0v) is 16.4. The molecule has 0 spiro atoms. The number of thioether (sulfide) groups is 1. The van der Waals surface area contributed by atoms with Crippen LogP contribution in [0.25, 0.3) is 0 Å². The fraction of sp³-hybridized carbons (Fsp3) is 0.381. The Labute approximate surface area is 163 Å². The topological polar surface area (TPSA) is 63.5 Å². The van der Waals surface area contributed by atoms with Gasteiger partial charge in [-0.3, -0.25) is 14.9 Å². The molecule has 0 aliphatic heterocycles. The van der Waals surface area contributed by atoms with Gasteiger partial charge in [-0.1, -0.05) is 30.3 Å². The van der Waals surface area contributed by atoms with E-state index in [0.717, 1.165) is 10.5 Å². The molecule has 1 amide bonds. The highest BCUT2D eigenvalue weighted by Gasteiger charge is 2.35. The second-order valence-electron chi connectivity index (χ2n) is 7.04. The average Bonchev–Trinajstić information content (AvgIpc) is 3.51. The smallest absolute Gasteiger partial charge is 0.269 e. The van der Waals surface area contributed by atoms with Gasteiger partial charge < -0.3 is 4.90 Å². The summed E-state index contributed by atoms with van der Waals surface area (Å²) in [5.41, 5.74) is 1.19. The lowest BCUT2D eigenvalue weighted by atomic mass is 10.1. The van der Waals surface area contributed by atoms with E-state index in [0.29, 0.717) is 12.5 Å². The number of hydrogen-bond acceptors (Lipinski definition) is 4. The van der Waals surface area contributed by atoms with Crippen LogP contribution in [0.15, 0.2) is 59.5 Å². The molecular formula is C21H24N2O3S. The number of non-ortho nitro benzene ring substituents is 1. The second kappa shape index (κ2) is 8.57. The van der Waals surface area contributed by atoms with Crippen molar-refractivity contribution in [1.29, 1.82) is 0 Å². The van der Waals surface area contributed by atoms with E-state index >= 15 is 0 Å². The SMILES string of the molecule is CC(Sc1ccc([N+](=O)[O-])cc1)C(=O)N(Cc1ccccc1)C(C)C1CC1. The normalized spacial score (nSPS) is 15.8. The van der Waals surface area contributed by atoms with Crippen molar-refractivity contribution in [1.82, 2.24) is 4.90 Å². The molecule has 27 heavy (non-hydrogen) atoms. The first-order valence-corrected chi connectivity index (χ1v) is 10.1. The molecule has 0 heterocycles. The van der Waals surface area contributed by atoms with Gasteiger partial charge in [-0.25, -0.2) is 0 Å². The maximum absolute atomic E-state index is 13.2. The minimum absolute atomic E-state index is 0.0615. The van der Waals surface area contributed by atoms with Gasteiger partial charge >= 0.3 is 0 Å². The van der Waals surface area contributed by atoms with E-state index in [9.17, 15) is 14.9 Å². The Kier molecular flexibility index (Phi) is 6.16. The van der Waals surface area contributed by atoms with E-state index in [1.165, 1.54) is 36.7 Å². The molecule has 2 unspecified atom stereocenters. The van der Waals surface area contributed by atoms with Crippen LogP contribution in [0.5, 0.6) is 0 Å². The first kappa shape index (κ1) is 19.4. The third kappa shape index (κ3) is 5.10. The van der Waals surface area contributed by atoms with Crippen LogP contribution in [-0.4, -0.2) is 27.0 Å². The number of nitro benzene ring substituents is 1. The fourth-order valence-corrected chi connectivity index (χ4v) is 4.11. The molecule has 6 heteroatoms. The van der Waals surface area contributed by atoms with Gasteiger partial charge in [0, 0.05) is 29.6 Å². The van der Waals surface area contributed by atoms with Gasteiger partial charge in [0.2, 0.25) is 5.91 Å². The van der Waals surface area contributed by atoms with Crippen molar-refractivity contribution in [3.05, 3.63) is 70.3 Å². The summed E-state index contributed by atoms with van der Waals surface area (Å²) in [7, 11) is 0. The summed E-state index contributed by atoms with van der Waals surface area (Å²) in [4.78, 5) is 26.4. The molecule has 0 N–H and O–H groups in total. The van der Waals surface area contributed by atoms with E-state index in [2.05, 4.69) is 6.92 Å². The van der Waals surface area contributed by atoms with Crippen molar-refractivity contribution in [2.24, 2.45) is 5.92 Å². The summed E-state index contributed by atoms with van der Waals surface area (Å²) in [6.07, 6.45) is 2.37. The predicted octanol–water partition coefficient (Wildman–Crippen LogP) is 4.90. The van der Waals surface area contributed by atoms with Crippen LogP contribution >= 0.6 is 11.8 Å². The summed E-state index contributed by atoms with van der Waals surface area (Å²) in [5, 5.41) is 10.5. The lowest BCUT2D eigenvalue weighted by Gasteiger charge is -2.32. The summed E-state index contributed by atoms with van der Waals surface area (Å²) >= 11 is 1.45. The maximum Gasteiger partial charge on any atom is 0.269 e. The van der Waals surface area contributed by atoms with Crippen LogP contribution in [0.2, 0.25) is 0 Å². The second-order valence-corrected chi connectivity index (χ2v) is 8.46. The zero-order chi connectivity index (χ0) is 19.4. The molecule has 2 aromatic rings. The third-order valence-electron chi connectivity index (χ3n) is 4.98. The van der Waals surface area contributed by atoms with Gasteiger partial charge in [-0.05, 0) is 50.3 Å². The molecule has 2 atom stereocenters. The number of rotatable bonds is 8. The summed E-state index contributed by atoms with van der Waals surface area (Å²) in [5.74, 6) is 0.704.